The van der Waals surface area contributed by atoms with Crippen LogP contribution in [0.1, 0.15) is 78.6 Å². The Hall–Kier alpha value is -0.610. The third-order valence-electron chi connectivity index (χ3n) is 6.43. The van der Waals surface area contributed by atoms with Gasteiger partial charge in [0, 0.05) is 19.5 Å². The molecule has 3 rings (SSSR count). The number of carbonyl (C=O) groups is 1. The van der Waals surface area contributed by atoms with E-state index in [-0.39, 0.29) is 0 Å². The number of rotatable bonds is 3. The van der Waals surface area contributed by atoms with Crippen LogP contribution >= 0.6 is 0 Å². The monoisotopic (exact) mass is 381 g/mol. The molecule has 3 heterocycles. The minimum atomic E-state index is 0.416. The third kappa shape index (κ3) is 9.94. The quantitative estimate of drug-likeness (QED) is 0.720. The molecule has 0 bridgehead atoms. The van der Waals surface area contributed by atoms with Gasteiger partial charge >= 0.3 is 0 Å². The SMILES string of the molecule is CC.CCC1CCN(C(=O)CC2CCN(C)CC2)CC1.CN1CCCCC1. The first-order valence-electron chi connectivity index (χ1n) is 11.7. The van der Waals surface area contributed by atoms with Gasteiger partial charge in [0.15, 0.2) is 0 Å². The summed E-state index contributed by atoms with van der Waals surface area (Å²) in [6.07, 6.45) is 11.2. The number of carbonyl (C=O) groups excluding carboxylic acids is 1. The maximum Gasteiger partial charge on any atom is 0.222 e. The number of hydrogen-bond acceptors (Lipinski definition) is 3. The number of likely N-dealkylation sites (tertiary alicyclic amines) is 3. The van der Waals surface area contributed by atoms with Crippen LogP contribution < -0.4 is 0 Å². The number of piperidine rings is 3. The summed E-state index contributed by atoms with van der Waals surface area (Å²) in [6, 6.07) is 0. The van der Waals surface area contributed by atoms with Gasteiger partial charge in [0.2, 0.25) is 5.91 Å². The molecule has 0 saturated carbocycles. The summed E-state index contributed by atoms with van der Waals surface area (Å²) in [5, 5.41) is 0. The van der Waals surface area contributed by atoms with Gasteiger partial charge < -0.3 is 14.7 Å². The zero-order valence-corrected chi connectivity index (χ0v) is 19.0. The summed E-state index contributed by atoms with van der Waals surface area (Å²) in [5.41, 5.74) is 0. The molecular formula is C23H47N3O. The molecule has 27 heavy (non-hydrogen) atoms. The Kier molecular flexibility index (Phi) is 13.0. The van der Waals surface area contributed by atoms with Crippen LogP contribution in [-0.2, 0) is 4.79 Å². The zero-order chi connectivity index (χ0) is 20.1. The molecule has 4 nitrogen and oxygen atoms in total. The fourth-order valence-electron chi connectivity index (χ4n) is 4.28. The van der Waals surface area contributed by atoms with Crippen molar-refractivity contribution in [2.45, 2.75) is 78.6 Å². The second-order valence-electron chi connectivity index (χ2n) is 8.55. The highest BCUT2D eigenvalue weighted by atomic mass is 16.2. The Labute approximate surface area is 169 Å². The molecule has 0 N–H and O–H groups in total. The van der Waals surface area contributed by atoms with Crippen LogP contribution in [0.4, 0.5) is 0 Å². The van der Waals surface area contributed by atoms with Crippen molar-refractivity contribution in [1.82, 2.24) is 14.7 Å². The van der Waals surface area contributed by atoms with Crippen LogP contribution in [0.2, 0.25) is 0 Å². The number of hydrogen-bond donors (Lipinski definition) is 0. The first-order chi connectivity index (χ1) is 13.1. The van der Waals surface area contributed by atoms with Gasteiger partial charge in [-0.2, -0.15) is 0 Å². The highest BCUT2D eigenvalue weighted by Crippen LogP contribution is 2.24. The molecule has 0 unspecified atom stereocenters. The summed E-state index contributed by atoms with van der Waals surface area (Å²) in [6.45, 7) is 13.2. The van der Waals surface area contributed by atoms with Crippen LogP contribution in [0, 0.1) is 11.8 Å². The van der Waals surface area contributed by atoms with Gasteiger partial charge in [-0.15, -0.1) is 0 Å². The Bertz CT molecular complexity index is 366. The van der Waals surface area contributed by atoms with E-state index < -0.39 is 0 Å². The largest absolute Gasteiger partial charge is 0.343 e. The van der Waals surface area contributed by atoms with Crippen LogP contribution in [0.3, 0.4) is 0 Å². The lowest BCUT2D eigenvalue weighted by molar-refractivity contribution is -0.134. The molecule has 0 spiro atoms. The minimum Gasteiger partial charge on any atom is -0.343 e. The summed E-state index contributed by atoms with van der Waals surface area (Å²) >= 11 is 0. The smallest absolute Gasteiger partial charge is 0.222 e. The van der Waals surface area contributed by atoms with Crippen molar-refractivity contribution >= 4 is 5.91 Å². The summed E-state index contributed by atoms with van der Waals surface area (Å²) < 4.78 is 0. The van der Waals surface area contributed by atoms with Crippen LogP contribution in [0.25, 0.3) is 0 Å². The fraction of sp³-hybridized carbons (Fsp3) is 0.957. The van der Waals surface area contributed by atoms with E-state index in [0.29, 0.717) is 11.8 Å². The average Bonchev–Trinajstić information content (AvgIpc) is 2.72. The van der Waals surface area contributed by atoms with Gasteiger partial charge in [-0.1, -0.05) is 33.6 Å². The summed E-state index contributed by atoms with van der Waals surface area (Å²) in [7, 11) is 4.37. The maximum atomic E-state index is 12.3. The van der Waals surface area contributed by atoms with E-state index in [4.69, 9.17) is 0 Å². The first kappa shape index (κ1) is 24.4. The van der Waals surface area contributed by atoms with Crippen molar-refractivity contribution in [3.63, 3.8) is 0 Å². The van der Waals surface area contributed by atoms with Crippen molar-refractivity contribution in [2.24, 2.45) is 11.8 Å². The highest BCUT2D eigenvalue weighted by Gasteiger charge is 2.25. The predicted octanol–water partition coefficient (Wildman–Crippen LogP) is 4.50. The topological polar surface area (TPSA) is 26.8 Å². The van der Waals surface area contributed by atoms with E-state index in [2.05, 4.69) is 35.7 Å². The van der Waals surface area contributed by atoms with Gasteiger partial charge in [0.05, 0.1) is 0 Å². The van der Waals surface area contributed by atoms with Crippen LogP contribution in [0.5, 0.6) is 0 Å². The molecule has 0 atom stereocenters. The second kappa shape index (κ2) is 14.4. The standard InChI is InChI=1S/C15H28N2O.C6H13N.C2H6/c1-3-13-6-10-17(11-7-13)15(18)12-14-4-8-16(2)9-5-14;1-7-5-3-2-4-6-7;1-2/h13-14H,3-12H2,1-2H3;2-6H2,1H3;1-2H3. The van der Waals surface area contributed by atoms with Gasteiger partial charge in [0.25, 0.3) is 0 Å². The van der Waals surface area contributed by atoms with Gasteiger partial charge in [-0.3, -0.25) is 4.79 Å². The molecule has 0 aromatic heterocycles. The lowest BCUT2D eigenvalue weighted by Crippen LogP contribution is -2.40. The highest BCUT2D eigenvalue weighted by molar-refractivity contribution is 5.76. The second-order valence-corrected chi connectivity index (χ2v) is 8.55. The van der Waals surface area contributed by atoms with E-state index in [1.54, 1.807) is 0 Å². The van der Waals surface area contributed by atoms with Gasteiger partial charge in [-0.25, -0.2) is 0 Å². The Morgan fingerprint density at radius 3 is 1.67 bits per heavy atom. The Morgan fingerprint density at radius 2 is 1.22 bits per heavy atom. The number of amides is 1. The summed E-state index contributed by atoms with van der Waals surface area (Å²) in [5.74, 6) is 1.91. The predicted molar refractivity (Wildman–Crippen MR) is 117 cm³/mol. The van der Waals surface area contributed by atoms with E-state index in [1.807, 2.05) is 13.8 Å². The van der Waals surface area contributed by atoms with Crippen LogP contribution in [0.15, 0.2) is 0 Å². The van der Waals surface area contributed by atoms with Gasteiger partial charge in [-0.05, 0) is 90.6 Å². The summed E-state index contributed by atoms with van der Waals surface area (Å²) in [4.78, 5) is 19.1. The van der Waals surface area contributed by atoms with Crippen molar-refractivity contribution in [3.05, 3.63) is 0 Å². The van der Waals surface area contributed by atoms with E-state index >= 15 is 0 Å². The van der Waals surface area contributed by atoms with Crippen molar-refractivity contribution in [2.75, 3.05) is 53.4 Å². The molecule has 3 fully saturated rings. The molecule has 160 valence electrons. The van der Waals surface area contributed by atoms with E-state index in [1.165, 1.54) is 64.5 Å². The molecule has 3 saturated heterocycles. The number of nitrogens with zero attached hydrogens (tertiary/aromatic N) is 3. The third-order valence-corrected chi connectivity index (χ3v) is 6.43. The van der Waals surface area contributed by atoms with Gasteiger partial charge in [0.1, 0.15) is 0 Å². The molecule has 3 aliphatic heterocycles. The minimum absolute atomic E-state index is 0.416. The average molecular weight is 382 g/mol. The van der Waals surface area contributed by atoms with Crippen molar-refractivity contribution < 1.29 is 4.79 Å². The lowest BCUT2D eigenvalue weighted by Gasteiger charge is -2.34. The molecule has 1 amide bonds. The van der Waals surface area contributed by atoms with Crippen LogP contribution in [-0.4, -0.2) is 74.0 Å². The van der Waals surface area contributed by atoms with E-state index in [9.17, 15) is 4.79 Å². The molecule has 0 aromatic carbocycles. The molecular weight excluding hydrogens is 334 g/mol. The first-order valence-corrected chi connectivity index (χ1v) is 11.7. The molecule has 0 radical (unpaired) electrons. The van der Waals surface area contributed by atoms with Crippen molar-refractivity contribution in [3.8, 4) is 0 Å². The lowest BCUT2D eigenvalue weighted by atomic mass is 9.91. The van der Waals surface area contributed by atoms with Crippen molar-refractivity contribution in [1.29, 1.82) is 0 Å². The Morgan fingerprint density at radius 1 is 0.741 bits per heavy atom. The molecule has 4 heteroatoms. The molecule has 3 aliphatic rings. The molecule has 0 aliphatic carbocycles. The maximum absolute atomic E-state index is 12.3. The zero-order valence-electron chi connectivity index (χ0n) is 19.0. The normalized spacial score (nSPS) is 23.1. The Balaban J connectivity index is 0.000000338. The molecule has 0 aromatic rings. The fourth-order valence-corrected chi connectivity index (χ4v) is 4.28. The van der Waals surface area contributed by atoms with E-state index in [0.717, 1.165) is 38.5 Å².